The van der Waals surface area contributed by atoms with Crippen LogP contribution in [0.15, 0.2) is 47.1 Å². The minimum Gasteiger partial charge on any atom is -0.466 e. The smallest absolute Gasteiger partial charge is 0.200 e. The van der Waals surface area contributed by atoms with Gasteiger partial charge in [0.2, 0.25) is 5.78 Å². The van der Waals surface area contributed by atoms with Gasteiger partial charge in [-0.3, -0.25) is 9.48 Å². The Bertz CT molecular complexity index is 1130. The van der Waals surface area contributed by atoms with Crippen molar-refractivity contribution in [1.29, 1.82) is 0 Å². The van der Waals surface area contributed by atoms with Crippen LogP contribution >= 0.6 is 11.9 Å². The zero-order valence-corrected chi connectivity index (χ0v) is 18.0. The van der Waals surface area contributed by atoms with Crippen molar-refractivity contribution in [2.45, 2.75) is 26.5 Å². The number of nitrogens with zero attached hydrogens (tertiary/aromatic N) is 1. The predicted molar refractivity (Wildman–Crippen MR) is 115 cm³/mol. The van der Waals surface area contributed by atoms with E-state index in [1.165, 1.54) is 24.2 Å². The van der Waals surface area contributed by atoms with Crippen LogP contribution in [0.3, 0.4) is 0 Å². The van der Waals surface area contributed by atoms with E-state index < -0.39 is 23.0 Å². The third-order valence-electron chi connectivity index (χ3n) is 4.61. The Kier molecular flexibility index (Phi) is 6.66. The molecule has 0 aliphatic heterocycles. The first-order valence-electron chi connectivity index (χ1n) is 9.29. The third kappa shape index (κ3) is 4.76. The van der Waals surface area contributed by atoms with Crippen molar-refractivity contribution in [3.05, 3.63) is 88.1 Å². The van der Waals surface area contributed by atoms with E-state index in [4.69, 9.17) is 4.42 Å². The summed E-state index contributed by atoms with van der Waals surface area (Å²) in [5.41, 5.74) is 1.20. The highest BCUT2D eigenvalue weighted by atomic mass is 32.2. The molecule has 0 aliphatic rings. The number of aromatic nitrogens is 2. The number of ketones is 1. The third-order valence-corrected chi connectivity index (χ3v) is 5.43. The molecule has 5 nitrogen and oxygen atoms in total. The highest BCUT2D eigenvalue weighted by molar-refractivity contribution is 7.99. The fraction of sp³-hybridized carbons (Fsp3) is 0.227. The van der Waals surface area contributed by atoms with Crippen LogP contribution in [0.4, 0.5) is 14.5 Å². The van der Waals surface area contributed by atoms with Crippen LogP contribution in [0.1, 0.15) is 38.6 Å². The zero-order valence-electron chi connectivity index (χ0n) is 17.2. The highest BCUT2D eigenvalue weighted by Gasteiger charge is 2.23. The van der Waals surface area contributed by atoms with Crippen LogP contribution in [0.5, 0.6) is 0 Å². The lowest BCUT2D eigenvalue weighted by atomic mass is 10.00. The molecule has 0 saturated heterocycles. The predicted octanol–water partition coefficient (Wildman–Crippen LogP) is 5.77. The quantitative estimate of drug-likeness (QED) is 0.384. The summed E-state index contributed by atoms with van der Waals surface area (Å²) in [4.78, 5) is 13.0. The molecule has 0 bridgehead atoms. The van der Waals surface area contributed by atoms with E-state index in [0.717, 1.165) is 23.2 Å². The Morgan fingerprint density at radius 3 is 2.70 bits per heavy atom. The van der Waals surface area contributed by atoms with E-state index in [9.17, 15) is 9.18 Å². The number of halogens is 2. The van der Waals surface area contributed by atoms with Gasteiger partial charge in [0.25, 0.3) is 0 Å². The van der Waals surface area contributed by atoms with Gasteiger partial charge >= 0.3 is 0 Å². The Morgan fingerprint density at radius 2 is 2.00 bits per heavy atom. The SMILES string of the molecule is Cc1cc(CSNc2ccc(F)c(C(=O)c3c[nH]n(C)cccc3C)c2F)c(C)o1. The number of carbonyl (C=O) groups excluding carboxylic acids is 1. The van der Waals surface area contributed by atoms with E-state index in [-0.39, 0.29) is 11.3 Å². The molecule has 8 heteroatoms. The number of H-pyrrole nitrogens is 1. The number of carbonyl (C=O) groups is 1. The molecular formula is C22H23F2N3O2S. The molecule has 0 aliphatic carbocycles. The Morgan fingerprint density at radius 1 is 1.23 bits per heavy atom. The van der Waals surface area contributed by atoms with Gasteiger partial charge in [-0.05, 0) is 62.5 Å². The first-order chi connectivity index (χ1) is 14.3. The largest absolute Gasteiger partial charge is 0.466 e. The number of aryl methyl sites for hydroxylation is 4. The summed E-state index contributed by atoms with van der Waals surface area (Å²) < 4.78 is 39.5. The van der Waals surface area contributed by atoms with Crippen molar-refractivity contribution in [3.63, 3.8) is 0 Å². The summed E-state index contributed by atoms with van der Waals surface area (Å²) in [6.07, 6.45) is 3.20. The number of aromatic amines is 1. The van der Waals surface area contributed by atoms with Gasteiger partial charge in [-0.2, -0.15) is 0 Å². The minimum absolute atomic E-state index is 0.0423. The van der Waals surface area contributed by atoms with Gasteiger partial charge in [-0.25, -0.2) is 8.78 Å². The van der Waals surface area contributed by atoms with E-state index in [2.05, 4.69) is 9.82 Å². The standard InChI is InChI=1S/C22H23F2N3O2S/c1-13-6-5-9-27(4)25-11-17(13)22(28)20-18(23)7-8-19(21(20)24)26-30-12-16-10-14(2)29-15(16)3/h5-11,25-26H,12H2,1-4H3. The van der Waals surface area contributed by atoms with Crippen molar-refractivity contribution in [2.24, 2.45) is 7.05 Å². The van der Waals surface area contributed by atoms with Crippen LogP contribution in [0.25, 0.3) is 0 Å². The number of rotatable bonds is 6. The molecule has 1 aromatic carbocycles. The first-order valence-corrected chi connectivity index (χ1v) is 10.3. The molecule has 2 heterocycles. The fourth-order valence-electron chi connectivity index (χ4n) is 2.97. The maximum absolute atomic E-state index is 15.1. The van der Waals surface area contributed by atoms with Gasteiger partial charge in [0.15, 0.2) is 5.82 Å². The summed E-state index contributed by atoms with van der Waals surface area (Å²) in [6.45, 7) is 5.43. The maximum Gasteiger partial charge on any atom is 0.200 e. The molecule has 30 heavy (non-hydrogen) atoms. The van der Waals surface area contributed by atoms with Crippen LogP contribution in [-0.4, -0.2) is 15.6 Å². The number of hydrogen-bond acceptors (Lipinski definition) is 4. The lowest BCUT2D eigenvalue weighted by molar-refractivity contribution is 0.103. The van der Waals surface area contributed by atoms with Crippen molar-refractivity contribution >= 4 is 23.4 Å². The van der Waals surface area contributed by atoms with Gasteiger partial charge in [0, 0.05) is 36.3 Å². The molecule has 3 aromatic rings. The zero-order chi connectivity index (χ0) is 21.8. The first kappa shape index (κ1) is 21.7. The van der Waals surface area contributed by atoms with Crippen molar-refractivity contribution in [3.8, 4) is 0 Å². The summed E-state index contributed by atoms with van der Waals surface area (Å²) in [5.74, 6) is -0.443. The van der Waals surface area contributed by atoms with Gasteiger partial charge < -0.3 is 14.2 Å². The molecule has 2 N–H and O–H groups in total. The molecule has 2 aromatic heterocycles. The summed E-state index contributed by atoms with van der Waals surface area (Å²) in [5, 5.41) is 2.88. The van der Waals surface area contributed by atoms with E-state index in [1.807, 2.05) is 19.9 Å². The Hall–Kier alpha value is -3.00. The van der Waals surface area contributed by atoms with Gasteiger partial charge in [0.05, 0.1) is 11.3 Å². The number of anilines is 1. The van der Waals surface area contributed by atoms with Crippen LogP contribution in [0, 0.1) is 32.4 Å². The van der Waals surface area contributed by atoms with Crippen LogP contribution in [-0.2, 0) is 12.8 Å². The second-order valence-electron chi connectivity index (χ2n) is 6.93. The molecule has 0 unspecified atom stereocenters. The van der Waals surface area contributed by atoms with Gasteiger partial charge in [0.1, 0.15) is 17.3 Å². The monoisotopic (exact) mass is 431 g/mol. The van der Waals surface area contributed by atoms with E-state index in [0.29, 0.717) is 11.3 Å². The number of nitrogens with one attached hydrogen (secondary N) is 2. The molecule has 0 radical (unpaired) electrons. The second kappa shape index (κ2) is 9.21. The molecule has 158 valence electrons. The summed E-state index contributed by atoms with van der Waals surface area (Å²) in [6, 6.07) is 7.74. The number of furan rings is 1. The Labute approximate surface area is 177 Å². The maximum atomic E-state index is 15.1. The summed E-state index contributed by atoms with van der Waals surface area (Å²) in [7, 11) is 1.75. The highest BCUT2D eigenvalue weighted by Crippen LogP contribution is 2.28. The number of benzene rings is 1. The Balaban J connectivity index is 1.88. The molecule has 3 rings (SSSR count). The molecule has 0 atom stereocenters. The molecule has 0 fully saturated rings. The number of hydrogen-bond donors (Lipinski definition) is 2. The molecular weight excluding hydrogens is 408 g/mol. The molecule has 0 amide bonds. The lowest BCUT2D eigenvalue weighted by Gasteiger charge is -2.11. The summed E-state index contributed by atoms with van der Waals surface area (Å²) >= 11 is 1.23. The van der Waals surface area contributed by atoms with Crippen LogP contribution < -0.4 is 4.72 Å². The van der Waals surface area contributed by atoms with Crippen molar-refractivity contribution in [1.82, 2.24) is 9.78 Å². The van der Waals surface area contributed by atoms with E-state index >= 15 is 4.39 Å². The topological polar surface area (TPSA) is 63.0 Å². The normalized spacial score (nSPS) is 10.7. The molecule has 0 spiro atoms. The molecule has 0 saturated carbocycles. The van der Waals surface area contributed by atoms with Crippen molar-refractivity contribution < 1.29 is 18.0 Å². The average Bonchev–Trinajstić information content (AvgIpc) is 2.99. The van der Waals surface area contributed by atoms with Gasteiger partial charge in [-0.15, -0.1) is 0 Å². The average molecular weight is 432 g/mol. The van der Waals surface area contributed by atoms with E-state index in [1.54, 1.807) is 37.0 Å². The van der Waals surface area contributed by atoms with Gasteiger partial charge in [-0.1, -0.05) is 6.07 Å². The van der Waals surface area contributed by atoms with Crippen molar-refractivity contribution in [2.75, 3.05) is 4.72 Å². The van der Waals surface area contributed by atoms with Crippen LogP contribution in [0.2, 0.25) is 0 Å². The fourth-order valence-corrected chi connectivity index (χ4v) is 3.79. The second-order valence-corrected chi connectivity index (χ2v) is 7.71. The minimum atomic E-state index is -0.924. The lowest BCUT2D eigenvalue weighted by Crippen LogP contribution is -2.11.